The van der Waals surface area contributed by atoms with Crippen LogP contribution >= 0.6 is 0 Å². The summed E-state index contributed by atoms with van der Waals surface area (Å²) < 4.78 is 5.28. The van der Waals surface area contributed by atoms with Crippen LogP contribution in [-0.4, -0.2) is 58.2 Å². The van der Waals surface area contributed by atoms with Crippen LogP contribution < -0.4 is 4.90 Å². The zero-order chi connectivity index (χ0) is 17.8. The molecule has 0 atom stereocenters. The summed E-state index contributed by atoms with van der Waals surface area (Å²) in [6, 6.07) is 9.57. The van der Waals surface area contributed by atoms with E-state index in [0.717, 1.165) is 5.56 Å². The number of likely N-dealkylation sites (N-methyl/N-ethyl adjacent to an activating group) is 1. The molecule has 1 aromatic heterocycles. The molecule has 0 bridgehead atoms. The van der Waals surface area contributed by atoms with E-state index in [0.29, 0.717) is 19.0 Å². The molecule has 1 saturated heterocycles. The molecular weight excluding hydrogens is 324 g/mol. The van der Waals surface area contributed by atoms with E-state index in [4.69, 9.17) is 9.84 Å². The van der Waals surface area contributed by atoms with E-state index in [1.807, 2.05) is 42.3 Å². The highest BCUT2D eigenvalue weighted by molar-refractivity contribution is 5.86. The van der Waals surface area contributed by atoms with Crippen LogP contribution in [0.25, 0.3) is 0 Å². The largest absolute Gasteiger partial charge is 0.478 e. The van der Waals surface area contributed by atoms with Crippen LogP contribution in [0.4, 0.5) is 10.7 Å². The van der Waals surface area contributed by atoms with Gasteiger partial charge in [0, 0.05) is 32.5 Å². The first kappa shape index (κ1) is 16.7. The molecule has 1 aliphatic rings. The van der Waals surface area contributed by atoms with Gasteiger partial charge in [-0.1, -0.05) is 30.3 Å². The first-order valence-electron chi connectivity index (χ1n) is 7.78. The Labute approximate surface area is 144 Å². The monoisotopic (exact) mass is 342 g/mol. The Kier molecular flexibility index (Phi) is 4.78. The SMILES string of the molecule is CN(c1ncc(C(=O)O)cn1)C1CN(C(=O)OCc2ccccc2)C1. The fourth-order valence-electron chi connectivity index (χ4n) is 2.44. The highest BCUT2D eigenvalue weighted by Gasteiger charge is 2.35. The van der Waals surface area contributed by atoms with Crippen molar-refractivity contribution in [3.63, 3.8) is 0 Å². The highest BCUT2D eigenvalue weighted by Crippen LogP contribution is 2.19. The Bertz CT molecular complexity index is 745. The Morgan fingerprint density at radius 2 is 1.88 bits per heavy atom. The fourth-order valence-corrected chi connectivity index (χ4v) is 2.44. The molecule has 0 aliphatic carbocycles. The number of rotatable bonds is 5. The number of anilines is 1. The van der Waals surface area contributed by atoms with Crippen molar-refractivity contribution in [2.75, 3.05) is 25.0 Å². The van der Waals surface area contributed by atoms with Gasteiger partial charge >= 0.3 is 12.1 Å². The maximum atomic E-state index is 12.0. The number of carbonyl (C=O) groups excluding carboxylic acids is 1. The number of hydrogen-bond acceptors (Lipinski definition) is 6. The van der Waals surface area contributed by atoms with Crippen LogP contribution in [0.1, 0.15) is 15.9 Å². The molecule has 1 N–H and O–H groups in total. The molecule has 2 aromatic rings. The van der Waals surface area contributed by atoms with Crippen LogP contribution in [0.2, 0.25) is 0 Å². The van der Waals surface area contributed by atoms with Crippen molar-refractivity contribution in [1.82, 2.24) is 14.9 Å². The molecule has 1 fully saturated rings. The van der Waals surface area contributed by atoms with Gasteiger partial charge in [0.15, 0.2) is 0 Å². The summed E-state index contributed by atoms with van der Waals surface area (Å²) in [5, 5.41) is 8.86. The van der Waals surface area contributed by atoms with Crippen LogP contribution in [-0.2, 0) is 11.3 Å². The van der Waals surface area contributed by atoms with Gasteiger partial charge in [0.1, 0.15) is 6.61 Å². The molecule has 8 nitrogen and oxygen atoms in total. The second-order valence-electron chi connectivity index (χ2n) is 5.79. The van der Waals surface area contributed by atoms with E-state index in [1.54, 1.807) is 4.90 Å². The zero-order valence-electron chi connectivity index (χ0n) is 13.7. The second kappa shape index (κ2) is 7.16. The molecule has 3 rings (SSSR count). The molecular formula is C17H18N4O4. The molecule has 0 radical (unpaired) electrons. The number of hydrogen-bond donors (Lipinski definition) is 1. The average Bonchev–Trinajstić information content (AvgIpc) is 2.59. The van der Waals surface area contributed by atoms with E-state index in [9.17, 15) is 9.59 Å². The van der Waals surface area contributed by atoms with Gasteiger partial charge in [-0.3, -0.25) is 0 Å². The van der Waals surface area contributed by atoms with Gasteiger partial charge < -0.3 is 19.6 Å². The van der Waals surface area contributed by atoms with Crippen LogP contribution in [0.5, 0.6) is 0 Å². The van der Waals surface area contributed by atoms with Gasteiger partial charge in [-0.25, -0.2) is 19.6 Å². The van der Waals surface area contributed by atoms with E-state index in [-0.39, 0.29) is 24.3 Å². The Hall–Kier alpha value is -3.16. The Balaban J connectivity index is 1.48. The smallest absolute Gasteiger partial charge is 0.410 e. The lowest BCUT2D eigenvalue weighted by molar-refractivity contribution is 0.0661. The Morgan fingerprint density at radius 1 is 1.24 bits per heavy atom. The van der Waals surface area contributed by atoms with E-state index < -0.39 is 5.97 Å². The van der Waals surface area contributed by atoms with Crippen molar-refractivity contribution in [2.24, 2.45) is 0 Å². The summed E-state index contributed by atoms with van der Waals surface area (Å²) in [5.74, 6) is -0.641. The molecule has 1 aliphatic heterocycles. The van der Waals surface area contributed by atoms with Crippen molar-refractivity contribution >= 4 is 18.0 Å². The first-order valence-corrected chi connectivity index (χ1v) is 7.78. The number of nitrogens with zero attached hydrogens (tertiary/aromatic N) is 4. The molecule has 8 heteroatoms. The van der Waals surface area contributed by atoms with Crippen molar-refractivity contribution < 1.29 is 19.4 Å². The van der Waals surface area contributed by atoms with Gasteiger partial charge in [-0.05, 0) is 5.56 Å². The predicted octanol–water partition coefficient (Wildman–Crippen LogP) is 1.63. The number of aromatic carboxylic acids is 1. The molecule has 0 unspecified atom stereocenters. The molecule has 1 aromatic carbocycles. The number of likely N-dealkylation sites (tertiary alicyclic amines) is 1. The van der Waals surface area contributed by atoms with Gasteiger partial charge in [0.05, 0.1) is 11.6 Å². The summed E-state index contributed by atoms with van der Waals surface area (Å²) >= 11 is 0. The minimum Gasteiger partial charge on any atom is -0.478 e. The number of carboxylic acid groups (broad SMARTS) is 1. The molecule has 25 heavy (non-hydrogen) atoms. The van der Waals surface area contributed by atoms with E-state index in [1.165, 1.54) is 12.4 Å². The van der Waals surface area contributed by atoms with Crippen LogP contribution in [0.3, 0.4) is 0 Å². The molecule has 1 amide bonds. The number of carbonyl (C=O) groups is 2. The second-order valence-corrected chi connectivity index (χ2v) is 5.79. The van der Waals surface area contributed by atoms with Crippen LogP contribution in [0, 0.1) is 0 Å². The third-order valence-electron chi connectivity index (χ3n) is 4.07. The number of aromatic nitrogens is 2. The third kappa shape index (κ3) is 3.85. The first-order chi connectivity index (χ1) is 12.0. The maximum absolute atomic E-state index is 12.0. The van der Waals surface area contributed by atoms with Gasteiger partial charge in [0.25, 0.3) is 0 Å². The van der Waals surface area contributed by atoms with Crippen LogP contribution in [0.15, 0.2) is 42.7 Å². The molecule has 0 spiro atoms. The van der Waals surface area contributed by atoms with Gasteiger partial charge in [-0.15, -0.1) is 0 Å². The van der Waals surface area contributed by atoms with Crippen molar-refractivity contribution in [3.05, 3.63) is 53.9 Å². The van der Waals surface area contributed by atoms with Crippen molar-refractivity contribution in [2.45, 2.75) is 12.6 Å². The lowest BCUT2D eigenvalue weighted by atomic mass is 10.1. The van der Waals surface area contributed by atoms with Crippen molar-refractivity contribution in [1.29, 1.82) is 0 Å². The maximum Gasteiger partial charge on any atom is 0.410 e. The zero-order valence-corrected chi connectivity index (χ0v) is 13.7. The molecule has 2 heterocycles. The summed E-state index contributed by atoms with van der Waals surface area (Å²) in [4.78, 5) is 34.4. The minimum atomic E-state index is -1.06. The molecule has 130 valence electrons. The van der Waals surface area contributed by atoms with Gasteiger partial charge in [0.2, 0.25) is 5.95 Å². The Morgan fingerprint density at radius 3 is 2.48 bits per heavy atom. The quantitative estimate of drug-likeness (QED) is 0.882. The van der Waals surface area contributed by atoms with E-state index >= 15 is 0 Å². The lowest BCUT2D eigenvalue weighted by Crippen LogP contribution is -2.60. The number of ether oxygens (including phenoxy) is 1. The molecule has 0 saturated carbocycles. The average molecular weight is 342 g/mol. The topological polar surface area (TPSA) is 95.9 Å². The minimum absolute atomic E-state index is 0.0388. The predicted molar refractivity (Wildman–Crippen MR) is 89.4 cm³/mol. The summed E-state index contributed by atoms with van der Waals surface area (Å²) in [6.07, 6.45) is 2.19. The summed E-state index contributed by atoms with van der Waals surface area (Å²) in [6.45, 7) is 1.26. The normalized spacial score (nSPS) is 13.9. The number of amides is 1. The number of carboxylic acids is 1. The lowest BCUT2D eigenvalue weighted by Gasteiger charge is -2.43. The fraction of sp³-hybridized carbons (Fsp3) is 0.294. The summed E-state index contributed by atoms with van der Waals surface area (Å²) in [5.41, 5.74) is 0.980. The van der Waals surface area contributed by atoms with E-state index in [2.05, 4.69) is 9.97 Å². The standard InChI is InChI=1S/C17H18N4O4/c1-20(16-18-7-13(8-19-16)15(22)23)14-9-21(10-14)17(24)25-11-12-5-3-2-4-6-12/h2-8,14H,9-11H2,1H3,(H,22,23). The third-order valence-corrected chi connectivity index (χ3v) is 4.07. The highest BCUT2D eigenvalue weighted by atomic mass is 16.6. The number of benzene rings is 1. The van der Waals surface area contributed by atoms with Crippen molar-refractivity contribution in [3.8, 4) is 0 Å². The summed E-state index contributed by atoms with van der Waals surface area (Å²) in [7, 11) is 1.81. The van der Waals surface area contributed by atoms with Gasteiger partial charge in [-0.2, -0.15) is 0 Å².